The molecule has 0 spiro atoms. The zero-order valence-corrected chi connectivity index (χ0v) is 8.85. The molecule has 0 atom stereocenters. The van der Waals surface area contributed by atoms with E-state index in [1.807, 2.05) is 13.8 Å². The lowest BCUT2D eigenvalue weighted by atomic mass is 10.3. The van der Waals surface area contributed by atoms with Gasteiger partial charge in [-0.05, 0) is 33.3 Å². The Kier molecular flexibility index (Phi) is 4.25. The average Bonchev–Trinajstić information content (AvgIpc) is 1.84. The first-order chi connectivity index (χ1) is 5.34. The van der Waals surface area contributed by atoms with Gasteiger partial charge in [-0.25, -0.2) is 4.79 Å². The van der Waals surface area contributed by atoms with E-state index < -0.39 is 12.9 Å². The second-order valence-corrected chi connectivity index (χ2v) is 6.28. The number of rotatable bonds is 3. The number of ether oxygens (including phenoxy) is 1. The minimum Gasteiger partial charge on any atom is -0.456 e. The molecule has 0 aliphatic rings. The van der Waals surface area contributed by atoms with Crippen molar-refractivity contribution in [2.45, 2.75) is 13.8 Å². The van der Waals surface area contributed by atoms with Crippen molar-refractivity contribution in [3.05, 3.63) is 11.6 Å². The van der Waals surface area contributed by atoms with Crippen molar-refractivity contribution in [1.29, 1.82) is 0 Å². The van der Waals surface area contributed by atoms with E-state index in [1.165, 1.54) is 13.3 Å². The monoisotopic (exact) mass is 190 g/mol. The molecule has 0 radical (unpaired) electrons. The van der Waals surface area contributed by atoms with Gasteiger partial charge in [0.15, 0.2) is 7.14 Å². The first-order valence-corrected chi connectivity index (χ1v) is 6.30. The van der Waals surface area contributed by atoms with Gasteiger partial charge in [0, 0.05) is 0 Å². The summed E-state index contributed by atoms with van der Waals surface area (Å²) in [6, 6.07) is 0. The van der Waals surface area contributed by atoms with Crippen molar-refractivity contribution in [1.82, 2.24) is 0 Å². The van der Waals surface area contributed by atoms with Crippen LogP contribution in [0.1, 0.15) is 13.8 Å². The number of allylic oxidation sites excluding steroid dienone is 1. The molecule has 0 unspecified atom stereocenters. The highest BCUT2D eigenvalue weighted by Crippen LogP contribution is 2.38. The van der Waals surface area contributed by atoms with Crippen LogP contribution in [0.4, 0.5) is 4.79 Å². The van der Waals surface area contributed by atoms with Crippen LogP contribution in [0.5, 0.6) is 0 Å². The van der Waals surface area contributed by atoms with E-state index >= 15 is 0 Å². The smallest absolute Gasteiger partial charge is 0.363 e. The molecule has 0 fully saturated rings. The van der Waals surface area contributed by atoms with Gasteiger partial charge in [0.05, 0.1) is 0 Å². The lowest BCUT2D eigenvalue weighted by molar-refractivity contribution is 0.184. The van der Waals surface area contributed by atoms with E-state index in [9.17, 15) is 9.36 Å². The third-order valence-corrected chi connectivity index (χ3v) is 2.15. The van der Waals surface area contributed by atoms with Gasteiger partial charge >= 0.3 is 5.71 Å². The molecule has 12 heavy (non-hydrogen) atoms. The van der Waals surface area contributed by atoms with Crippen molar-refractivity contribution in [3.63, 3.8) is 0 Å². The maximum Gasteiger partial charge on any atom is 0.363 e. The van der Waals surface area contributed by atoms with E-state index in [4.69, 9.17) is 4.74 Å². The highest BCUT2D eigenvalue weighted by atomic mass is 31.2. The van der Waals surface area contributed by atoms with Crippen LogP contribution in [0, 0.1) is 0 Å². The highest BCUT2D eigenvalue weighted by Gasteiger charge is 2.19. The first-order valence-electron chi connectivity index (χ1n) is 3.69. The van der Waals surface area contributed by atoms with Crippen molar-refractivity contribution in [3.8, 4) is 0 Å². The van der Waals surface area contributed by atoms with Gasteiger partial charge in [0.2, 0.25) is 0 Å². The van der Waals surface area contributed by atoms with Crippen molar-refractivity contribution in [2.24, 2.45) is 0 Å². The van der Waals surface area contributed by atoms with E-state index in [1.54, 1.807) is 6.08 Å². The Hall–Kier alpha value is -0.560. The van der Waals surface area contributed by atoms with Crippen molar-refractivity contribution >= 4 is 12.9 Å². The van der Waals surface area contributed by atoms with Gasteiger partial charge < -0.3 is 9.30 Å². The molecule has 3 nitrogen and oxygen atoms in total. The molecule has 0 aliphatic carbocycles. The zero-order chi connectivity index (χ0) is 9.78. The molecule has 70 valence electrons. The third-order valence-electron chi connectivity index (χ3n) is 1.14. The van der Waals surface area contributed by atoms with E-state index in [0.29, 0.717) is 0 Å². The summed E-state index contributed by atoms with van der Waals surface area (Å²) in [6.07, 6.45) is 1.77. The standard InChI is InChI=1S/C8H15O3P/c1-7(2)5-6-11-8(9)12(3,4)10/h5H,6H2,1-4H3. The molecule has 0 heterocycles. The normalized spacial score (nSPS) is 10.7. The minimum absolute atomic E-state index is 0.215. The Morgan fingerprint density at radius 3 is 2.25 bits per heavy atom. The summed E-state index contributed by atoms with van der Waals surface area (Å²) in [5.74, 6) is 0. The third kappa shape index (κ3) is 5.14. The maximum atomic E-state index is 11.1. The van der Waals surface area contributed by atoms with Crippen LogP contribution in [-0.2, 0) is 9.30 Å². The Labute approximate surface area is 73.2 Å². The molecule has 0 aromatic heterocycles. The molecular formula is C8H15O3P. The first kappa shape index (κ1) is 11.4. The molecule has 0 aromatic rings. The molecule has 0 saturated heterocycles. The summed E-state index contributed by atoms with van der Waals surface area (Å²) in [6.45, 7) is 6.83. The van der Waals surface area contributed by atoms with Gasteiger partial charge in [-0.1, -0.05) is 5.57 Å². The quantitative estimate of drug-likeness (QED) is 0.507. The van der Waals surface area contributed by atoms with Crippen LogP contribution in [0.25, 0.3) is 0 Å². The summed E-state index contributed by atoms with van der Waals surface area (Å²) in [7, 11) is -2.71. The van der Waals surface area contributed by atoms with E-state index in [2.05, 4.69) is 0 Å². The van der Waals surface area contributed by atoms with Crippen LogP contribution >= 0.6 is 7.14 Å². The zero-order valence-electron chi connectivity index (χ0n) is 7.96. The second-order valence-electron chi connectivity index (χ2n) is 3.21. The molecule has 0 N–H and O–H groups in total. The van der Waals surface area contributed by atoms with Gasteiger partial charge in [-0.15, -0.1) is 0 Å². The SMILES string of the molecule is CC(C)=CCOC(=O)P(C)(C)=O. The molecule has 0 aromatic carbocycles. The van der Waals surface area contributed by atoms with Gasteiger partial charge in [-0.3, -0.25) is 0 Å². The summed E-state index contributed by atoms with van der Waals surface area (Å²) < 4.78 is 15.8. The highest BCUT2D eigenvalue weighted by molar-refractivity contribution is 7.78. The van der Waals surface area contributed by atoms with E-state index in [0.717, 1.165) is 5.57 Å². The van der Waals surface area contributed by atoms with Crippen LogP contribution < -0.4 is 0 Å². The lowest BCUT2D eigenvalue weighted by Gasteiger charge is -2.04. The van der Waals surface area contributed by atoms with Crippen molar-refractivity contribution in [2.75, 3.05) is 19.9 Å². The molecule has 0 bridgehead atoms. The molecule has 0 rings (SSSR count). The summed E-state index contributed by atoms with van der Waals surface area (Å²) in [4.78, 5) is 10.9. The number of carbonyl (C=O) groups is 1. The van der Waals surface area contributed by atoms with Gasteiger partial charge in [-0.2, -0.15) is 0 Å². The number of hydrogen-bond acceptors (Lipinski definition) is 3. The largest absolute Gasteiger partial charge is 0.456 e. The fraction of sp³-hybridized carbons (Fsp3) is 0.625. The van der Waals surface area contributed by atoms with Gasteiger partial charge in [0.25, 0.3) is 0 Å². The topological polar surface area (TPSA) is 43.4 Å². The lowest BCUT2D eigenvalue weighted by Crippen LogP contribution is -2.01. The molecule has 4 heteroatoms. The molecule has 0 aliphatic heterocycles. The molecule has 0 amide bonds. The average molecular weight is 190 g/mol. The maximum absolute atomic E-state index is 11.1. The van der Waals surface area contributed by atoms with E-state index in [-0.39, 0.29) is 6.61 Å². The number of hydrogen-bond donors (Lipinski definition) is 0. The summed E-state index contributed by atoms with van der Waals surface area (Å²) >= 11 is 0. The Bertz CT molecular complexity index is 233. The van der Waals surface area contributed by atoms with Crippen LogP contribution in [0.3, 0.4) is 0 Å². The Morgan fingerprint density at radius 1 is 1.42 bits per heavy atom. The minimum atomic E-state index is -2.71. The Morgan fingerprint density at radius 2 is 1.92 bits per heavy atom. The molecular weight excluding hydrogens is 175 g/mol. The predicted molar refractivity (Wildman–Crippen MR) is 50.2 cm³/mol. The van der Waals surface area contributed by atoms with Crippen LogP contribution in [0.2, 0.25) is 0 Å². The Balaban J connectivity index is 3.90. The predicted octanol–water partition coefficient (Wildman–Crippen LogP) is 2.71. The van der Waals surface area contributed by atoms with Crippen molar-refractivity contribution < 1.29 is 14.1 Å². The summed E-state index contributed by atoms with van der Waals surface area (Å²) in [5.41, 5.74) is 0.477. The fourth-order valence-electron chi connectivity index (χ4n) is 0.435. The fourth-order valence-corrected chi connectivity index (χ4v) is 0.821. The second kappa shape index (κ2) is 4.46. The number of carbonyl (C=O) groups excluding carboxylic acids is 1. The van der Waals surface area contributed by atoms with Crippen LogP contribution in [0.15, 0.2) is 11.6 Å². The molecule has 0 saturated carbocycles. The van der Waals surface area contributed by atoms with Gasteiger partial charge in [0.1, 0.15) is 6.61 Å². The van der Waals surface area contributed by atoms with Crippen LogP contribution in [-0.4, -0.2) is 25.6 Å². The summed E-state index contributed by atoms with van der Waals surface area (Å²) in [5, 5.41) is 0.